The molecule has 0 aromatic rings. The van der Waals surface area contributed by atoms with Gasteiger partial charge in [0.25, 0.3) is 0 Å². The first-order valence-corrected chi connectivity index (χ1v) is 6.52. The molecular weight excluding hydrogens is 194 g/mol. The van der Waals surface area contributed by atoms with Crippen LogP contribution in [-0.4, -0.2) is 48.5 Å². The van der Waals surface area contributed by atoms with Crippen LogP contribution in [0.1, 0.15) is 19.3 Å². The zero-order valence-corrected chi connectivity index (χ0v) is 9.65. The zero-order valence-electron chi connectivity index (χ0n) is 8.83. The van der Waals surface area contributed by atoms with E-state index in [0.29, 0.717) is 0 Å². The maximum Gasteiger partial charge on any atom is 0.193 e. The van der Waals surface area contributed by atoms with Gasteiger partial charge in [0, 0.05) is 25.4 Å². The summed E-state index contributed by atoms with van der Waals surface area (Å²) in [6, 6.07) is 0. The molecule has 3 nitrogen and oxygen atoms in total. The maximum atomic E-state index is 4.42. The summed E-state index contributed by atoms with van der Waals surface area (Å²) in [4.78, 5) is 6.63. The Kier molecular flexibility index (Phi) is 3.56. The topological polar surface area (TPSA) is 27.6 Å². The lowest BCUT2D eigenvalue weighted by Gasteiger charge is -2.23. The van der Waals surface area contributed by atoms with Crippen LogP contribution in [0.4, 0.5) is 0 Å². The molecule has 2 heterocycles. The Bertz CT molecular complexity index is 211. The predicted octanol–water partition coefficient (Wildman–Crippen LogP) is 1.16. The van der Waals surface area contributed by atoms with Crippen LogP contribution >= 0.6 is 11.8 Å². The molecule has 0 saturated carbocycles. The Morgan fingerprint density at radius 3 is 3.14 bits per heavy atom. The van der Waals surface area contributed by atoms with Crippen molar-refractivity contribution in [3.05, 3.63) is 0 Å². The van der Waals surface area contributed by atoms with Crippen LogP contribution in [0.3, 0.4) is 0 Å². The zero-order chi connectivity index (χ0) is 9.80. The number of hydrogen-bond acceptors (Lipinski definition) is 4. The number of hydrogen-bond donors (Lipinski definition) is 1. The van der Waals surface area contributed by atoms with Crippen molar-refractivity contribution in [2.24, 2.45) is 4.99 Å². The molecule has 0 aromatic heterocycles. The first-order chi connectivity index (χ1) is 6.86. The average molecular weight is 213 g/mol. The smallest absolute Gasteiger partial charge is 0.193 e. The SMILES string of the molecule is CN1CCN=C1NCC1CCCCS1. The van der Waals surface area contributed by atoms with Gasteiger partial charge in [0.1, 0.15) is 0 Å². The maximum absolute atomic E-state index is 4.42. The van der Waals surface area contributed by atoms with Crippen LogP contribution in [0.5, 0.6) is 0 Å². The first kappa shape index (κ1) is 10.1. The Balaban J connectivity index is 1.70. The molecule has 1 fully saturated rings. The molecule has 1 saturated heterocycles. The molecule has 0 amide bonds. The summed E-state index contributed by atoms with van der Waals surface area (Å²) >= 11 is 2.11. The van der Waals surface area contributed by atoms with E-state index in [1.807, 2.05) is 0 Å². The first-order valence-electron chi connectivity index (χ1n) is 5.47. The third-order valence-corrected chi connectivity index (χ3v) is 4.22. The number of aliphatic imine (C=N–C) groups is 1. The summed E-state index contributed by atoms with van der Waals surface area (Å²) in [6.07, 6.45) is 4.18. The molecule has 0 radical (unpaired) electrons. The van der Waals surface area contributed by atoms with E-state index in [4.69, 9.17) is 0 Å². The monoisotopic (exact) mass is 213 g/mol. The fourth-order valence-corrected chi connectivity index (χ4v) is 3.14. The van der Waals surface area contributed by atoms with E-state index < -0.39 is 0 Å². The van der Waals surface area contributed by atoms with Gasteiger partial charge in [-0.3, -0.25) is 4.99 Å². The van der Waals surface area contributed by atoms with Crippen LogP contribution in [0.2, 0.25) is 0 Å². The number of likely N-dealkylation sites (N-methyl/N-ethyl adjacent to an activating group) is 1. The highest BCUT2D eigenvalue weighted by atomic mass is 32.2. The fourth-order valence-electron chi connectivity index (χ4n) is 1.90. The van der Waals surface area contributed by atoms with E-state index in [-0.39, 0.29) is 0 Å². The van der Waals surface area contributed by atoms with Gasteiger partial charge in [-0.05, 0) is 18.6 Å². The molecule has 2 aliphatic heterocycles. The lowest BCUT2D eigenvalue weighted by atomic mass is 10.2. The van der Waals surface area contributed by atoms with Crippen molar-refractivity contribution in [1.82, 2.24) is 10.2 Å². The van der Waals surface area contributed by atoms with Crippen LogP contribution in [0, 0.1) is 0 Å². The molecule has 0 spiro atoms. The molecule has 1 atom stereocenters. The predicted molar refractivity (Wildman–Crippen MR) is 63.0 cm³/mol. The largest absolute Gasteiger partial charge is 0.355 e. The van der Waals surface area contributed by atoms with Gasteiger partial charge in [-0.2, -0.15) is 11.8 Å². The van der Waals surface area contributed by atoms with Crippen molar-refractivity contribution in [3.63, 3.8) is 0 Å². The minimum atomic E-state index is 0.806. The average Bonchev–Trinajstić information content (AvgIpc) is 2.63. The fraction of sp³-hybridized carbons (Fsp3) is 0.900. The molecule has 14 heavy (non-hydrogen) atoms. The molecular formula is C10H19N3S. The van der Waals surface area contributed by atoms with Crippen molar-refractivity contribution < 1.29 is 0 Å². The summed E-state index contributed by atoms with van der Waals surface area (Å²) in [5.41, 5.74) is 0. The third kappa shape index (κ3) is 2.56. The van der Waals surface area contributed by atoms with E-state index in [0.717, 1.165) is 30.8 Å². The minimum Gasteiger partial charge on any atom is -0.355 e. The highest BCUT2D eigenvalue weighted by Gasteiger charge is 2.16. The second kappa shape index (κ2) is 4.91. The molecule has 2 rings (SSSR count). The van der Waals surface area contributed by atoms with Gasteiger partial charge >= 0.3 is 0 Å². The van der Waals surface area contributed by atoms with Crippen molar-refractivity contribution in [1.29, 1.82) is 0 Å². The number of nitrogens with one attached hydrogen (secondary N) is 1. The van der Waals surface area contributed by atoms with Gasteiger partial charge in [-0.25, -0.2) is 0 Å². The lowest BCUT2D eigenvalue weighted by Crippen LogP contribution is -2.39. The minimum absolute atomic E-state index is 0.806. The molecule has 4 heteroatoms. The van der Waals surface area contributed by atoms with E-state index in [9.17, 15) is 0 Å². The van der Waals surface area contributed by atoms with Crippen LogP contribution in [-0.2, 0) is 0 Å². The van der Waals surface area contributed by atoms with Gasteiger partial charge in [-0.1, -0.05) is 6.42 Å². The van der Waals surface area contributed by atoms with Crippen LogP contribution in [0.25, 0.3) is 0 Å². The number of rotatable bonds is 2. The molecule has 1 N–H and O–H groups in total. The lowest BCUT2D eigenvalue weighted by molar-refractivity contribution is 0.529. The van der Waals surface area contributed by atoms with Crippen molar-refractivity contribution in [2.45, 2.75) is 24.5 Å². The van der Waals surface area contributed by atoms with Gasteiger partial charge in [0.05, 0.1) is 6.54 Å². The molecule has 0 aliphatic carbocycles. The molecule has 2 aliphatic rings. The van der Waals surface area contributed by atoms with E-state index in [2.05, 4.69) is 34.0 Å². The van der Waals surface area contributed by atoms with E-state index >= 15 is 0 Å². The second-order valence-corrected chi connectivity index (χ2v) is 5.40. The van der Waals surface area contributed by atoms with Gasteiger partial charge < -0.3 is 10.2 Å². The quantitative estimate of drug-likeness (QED) is 0.746. The highest BCUT2D eigenvalue weighted by molar-refractivity contribution is 7.99. The molecule has 0 aromatic carbocycles. The van der Waals surface area contributed by atoms with E-state index in [1.54, 1.807) is 0 Å². The van der Waals surface area contributed by atoms with Gasteiger partial charge in [-0.15, -0.1) is 0 Å². The molecule has 0 bridgehead atoms. The number of nitrogens with zero attached hydrogens (tertiary/aromatic N) is 2. The Labute approximate surface area is 90.3 Å². The number of thioether (sulfide) groups is 1. The normalized spacial score (nSPS) is 27.6. The molecule has 80 valence electrons. The molecule has 1 unspecified atom stereocenters. The summed E-state index contributed by atoms with van der Waals surface area (Å²) in [5, 5.41) is 4.26. The Morgan fingerprint density at radius 1 is 1.57 bits per heavy atom. The standard InChI is InChI=1S/C10H19N3S/c1-13-6-5-11-10(13)12-8-9-4-2-3-7-14-9/h9H,2-8H2,1H3,(H,11,12). The summed E-state index contributed by atoms with van der Waals surface area (Å²) in [5.74, 6) is 2.44. The van der Waals surface area contributed by atoms with Crippen molar-refractivity contribution >= 4 is 17.7 Å². The van der Waals surface area contributed by atoms with E-state index in [1.165, 1.54) is 25.0 Å². The van der Waals surface area contributed by atoms with Crippen molar-refractivity contribution in [3.8, 4) is 0 Å². The Morgan fingerprint density at radius 2 is 2.50 bits per heavy atom. The van der Waals surface area contributed by atoms with Crippen molar-refractivity contribution in [2.75, 3.05) is 32.4 Å². The van der Waals surface area contributed by atoms with Crippen LogP contribution < -0.4 is 5.32 Å². The summed E-state index contributed by atoms with van der Waals surface area (Å²) in [6.45, 7) is 3.12. The van der Waals surface area contributed by atoms with Gasteiger partial charge in [0.15, 0.2) is 5.96 Å². The third-order valence-electron chi connectivity index (χ3n) is 2.82. The number of guanidine groups is 1. The Hall–Kier alpha value is -0.380. The summed E-state index contributed by atoms with van der Waals surface area (Å²) < 4.78 is 0. The van der Waals surface area contributed by atoms with Gasteiger partial charge in [0.2, 0.25) is 0 Å². The summed E-state index contributed by atoms with van der Waals surface area (Å²) in [7, 11) is 2.10. The highest BCUT2D eigenvalue weighted by Crippen LogP contribution is 2.24. The second-order valence-electron chi connectivity index (χ2n) is 4.00. The van der Waals surface area contributed by atoms with Crippen LogP contribution in [0.15, 0.2) is 4.99 Å².